The predicted molar refractivity (Wildman–Crippen MR) is 52.5 cm³/mol. The van der Waals surface area contributed by atoms with Gasteiger partial charge in [-0.3, -0.25) is 0 Å². The lowest BCUT2D eigenvalue weighted by atomic mass is 10.0. The van der Waals surface area contributed by atoms with Gasteiger partial charge >= 0.3 is 0 Å². The second kappa shape index (κ2) is 3.57. The third-order valence-corrected chi connectivity index (χ3v) is 2.66. The molecule has 1 aliphatic heterocycles. The number of halogens is 2. The molecule has 0 saturated heterocycles. The molecule has 0 aliphatic carbocycles. The zero-order valence-electron chi connectivity index (χ0n) is 7.13. The molecule has 0 fully saturated rings. The van der Waals surface area contributed by atoms with Crippen LogP contribution in [0.3, 0.4) is 0 Å². The molecule has 0 amide bonds. The summed E-state index contributed by atoms with van der Waals surface area (Å²) < 4.78 is 18.8. The summed E-state index contributed by atoms with van der Waals surface area (Å²) in [4.78, 5) is 0. The average Bonchev–Trinajstić information content (AvgIpc) is 2.19. The molecular weight excluding hydrogens is 253 g/mol. The molecule has 1 heterocycles. The predicted octanol–water partition coefficient (Wildman–Crippen LogP) is 2.55. The summed E-state index contributed by atoms with van der Waals surface area (Å²) >= 11 is 3.06. The lowest BCUT2D eigenvalue weighted by Gasteiger charge is -2.18. The fourth-order valence-electron chi connectivity index (χ4n) is 1.37. The van der Waals surface area contributed by atoms with Gasteiger partial charge < -0.3 is 9.94 Å². The third-order valence-electron chi connectivity index (χ3n) is 2.05. The molecule has 0 saturated carbocycles. The van der Waals surface area contributed by atoms with E-state index in [4.69, 9.17) is 9.94 Å². The molecule has 5 heteroatoms. The summed E-state index contributed by atoms with van der Waals surface area (Å²) in [6.07, 6.45) is 0.491. The monoisotopic (exact) mass is 259 g/mol. The van der Waals surface area contributed by atoms with Crippen molar-refractivity contribution in [2.24, 2.45) is 5.16 Å². The maximum Gasteiger partial charge on any atom is 0.138 e. The van der Waals surface area contributed by atoms with Gasteiger partial charge in [0.05, 0.1) is 16.8 Å². The van der Waals surface area contributed by atoms with E-state index < -0.39 is 5.82 Å². The fourth-order valence-corrected chi connectivity index (χ4v) is 1.69. The van der Waals surface area contributed by atoms with Crippen molar-refractivity contribution < 1.29 is 14.3 Å². The van der Waals surface area contributed by atoms with Gasteiger partial charge in [-0.15, -0.1) is 0 Å². The first kappa shape index (κ1) is 9.45. The molecule has 0 bridgehead atoms. The minimum Gasteiger partial charge on any atom is -0.492 e. The highest BCUT2D eigenvalue weighted by Gasteiger charge is 2.19. The van der Waals surface area contributed by atoms with Crippen molar-refractivity contribution in [3.05, 3.63) is 28.0 Å². The van der Waals surface area contributed by atoms with Gasteiger partial charge in [-0.1, -0.05) is 5.16 Å². The molecular formula is C9H7BrFNO2. The van der Waals surface area contributed by atoms with Crippen molar-refractivity contribution in [2.75, 3.05) is 6.61 Å². The average molecular weight is 260 g/mol. The Morgan fingerprint density at radius 1 is 1.50 bits per heavy atom. The first-order valence-corrected chi connectivity index (χ1v) is 4.85. The molecule has 1 aromatic rings. The topological polar surface area (TPSA) is 41.8 Å². The van der Waals surface area contributed by atoms with Crippen molar-refractivity contribution >= 4 is 21.6 Å². The molecule has 1 aromatic carbocycles. The molecule has 0 unspecified atom stereocenters. The molecule has 3 nitrogen and oxygen atoms in total. The molecule has 0 spiro atoms. The van der Waals surface area contributed by atoms with Gasteiger partial charge in [0.1, 0.15) is 11.6 Å². The van der Waals surface area contributed by atoms with Crippen molar-refractivity contribution in [3.8, 4) is 5.75 Å². The van der Waals surface area contributed by atoms with E-state index in [1.54, 1.807) is 0 Å². The summed E-state index contributed by atoms with van der Waals surface area (Å²) in [5.74, 6) is 0.146. The highest BCUT2D eigenvalue weighted by Crippen LogP contribution is 2.30. The number of oxime groups is 1. The van der Waals surface area contributed by atoms with E-state index >= 15 is 0 Å². The largest absolute Gasteiger partial charge is 0.492 e. The van der Waals surface area contributed by atoms with E-state index in [-0.39, 0.29) is 0 Å². The molecule has 0 radical (unpaired) electrons. The Bertz CT molecular complexity index is 406. The normalized spacial score (nSPS) is 17.7. The van der Waals surface area contributed by atoms with E-state index in [0.29, 0.717) is 34.5 Å². The molecule has 14 heavy (non-hydrogen) atoms. The van der Waals surface area contributed by atoms with E-state index in [9.17, 15) is 4.39 Å². The van der Waals surface area contributed by atoms with Crippen LogP contribution < -0.4 is 4.74 Å². The van der Waals surface area contributed by atoms with Gasteiger partial charge in [-0.05, 0) is 28.1 Å². The van der Waals surface area contributed by atoms with Crippen LogP contribution in [-0.2, 0) is 0 Å². The van der Waals surface area contributed by atoms with Gasteiger partial charge in [0.15, 0.2) is 0 Å². The summed E-state index contributed by atoms with van der Waals surface area (Å²) in [6.45, 7) is 0.449. The van der Waals surface area contributed by atoms with Crippen LogP contribution in [0.5, 0.6) is 5.75 Å². The first-order chi connectivity index (χ1) is 6.72. The van der Waals surface area contributed by atoms with Crippen LogP contribution >= 0.6 is 15.9 Å². The van der Waals surface area contributed by atoms with E-state index in [0.717, 1.165) is 0 Å². The molecule has 0 aromatic heterocycles. The Morgan fingerprint density at radius 3 is 3.00 bits per heavy atom. The Kier molecular flexibility index (Phi) is 2.41. The van der Waals surface area contributed by atoms with Gasteiger partial charge in [-0.2, -0.15) is 0 Å². The van der Waals surface area contributed by atoms with Crippen molar-refractivity contribution in [3.63, 3.8) is 0 Å². The molecule has 2 rings (SSSR count). The lowest BCUT2D eigenvalue weighted by Crippen LogP contribution is -2.16. The molecule has 74 valence electrons. The number of fused-ring (bicyclic) bond motifs is 1. The number of ether oxygens (including phenoxy) is 1. The highest BCUT2D eigenvalue weighted by molar-refractivity contribution is 9.10. The SMILES string of the molecule is ON=C1CCOc2cc(Br)c(F)cc21. The Labute approximate surface area is 88.3 Å². The van der Waals surface area contributed by atoms with Crippen LogP contribution in [0.25, 0.3) is 0 Å². The first-order valence-electron chi connectivity index (χ1n) is 4.05. The van der Waals surface area contributed by atoms with Crippen molar-refractivity contribution in [2.45, 2.75) is 6.42 Å². The zero-order chi connectivity index (χ0) is 10.1. The number of nitrogens with zero attached hydrogens (tertiary/aromatic N) is 1. The van der Waals surface area contributed by atoms with Crippen LogP contribution in [-0.4, -0.2) is 17.5 Å². The maximum atomic E-state index is 13.2. The van der Waals surface area contributed by atoms with Gasteiger partial charge in [0.25, 0.3) is 0 Å². The smallest absolute Gasteiger partial charge is 0.138 e. The van der Waals surface area contributed by atoms with Crippen LogP contribution in [0.15, 0.2) is 21.8 Å². The zero-order valence-corrected chi connectivity index (χ0v) is 8.71. The Balaban J connectivity index is 2.58. The lowest BCUT2D eigenvalue weighted by molar-refractivity contribution is 0.297. The third kappa shape index (κ3) is 1.48. The minimum absolute atomic E-state index is 0.343. The standard InChI is InChI=1S/C9H7BrFNO2/c10-6-4-9-5(3-7(6)11)8(12-13)1-2-14-9/h3-4,13H,1-2H2. The van der Waals surface area contributed by atoms with Gasteiger partial charge in [-0.25, -0.2) is 4.39 Å². The second-order valence-corrected chi connectivity index (χ2v) is 3.76. The number of hydrogen-bond acceptors (Lipinski definition) is 3. The maximum absolute atomic E-state index is 13.2. The highest BCUT2D eigenvalue weighted by atomic mass is 79.9. The number of benzene rings is 1. The second-order valence-electron chi connectivity index (χ2n) is 2.91. The number of hydrogen-bond donors (Lipinski definition) is 1. The number of rotatable bonds is 0. The van der Waals surface area contributed by atoms with E-state index in [1.807, 2.05) is 0 Å². The molecule has 1 N–H and O–H groups in total. The van der Waals surface area contributed by atoms with E-state index in [2.05, 4.69) is 21.1 Å². The Hall–Kier alpha value is -1.10. The van der Waals surface area contributed by atoms with Crippen molar-refractivity contribution in [1.82, 2.24) is 0 Å². The molecule has 0 atom stereocenters. The summed E-state index contributed by atoms with van der Waals surface area (Å²) in [7, 11) is 0. The van der Waals surface area contributed by atoms with Gasteiger partial charge in [0, 0.05) is 12.0 Å². The summed E-state index contributed by atoms with van der Waals surface area (Å²) in [6, 6.07) is 2.84. The fraction of sp³-hybridized carbons (Fsp3) is 0.222. The summed E-state index contributed by atoms with van der Waals surface area (Å²) in [5, 5.41) is 11.8. The molecule has 1 aliphatic rings. The van der Waals surface area contributed by atoms with Gasteiger partial charge in [0.2, 0.25) is 0 Å². The van der Waals surface area contributed by atoms with Crippen molar-refractivity contribution in [1.29, 1.82) is 0 Å². The van der Waals surface area contributed by atoms with Crippen LogP contribution in [0, 0.1) is 5.82 Å². The summed E-state index contributed by atoms with van der Waals surface area (Å²) in [5.41, 5.74) is 0.970. The Morgan fingerprint density at radius 2 is 2.29 bits per heavy atom. The van der Waals surface area contributed by atoms with E-state index in [1.165, 1.54) is 12.1 Å². The van der Waals surface area contributed by atoms with Crippen LogP contribution in [0.2, 0.25) is 0 Å². The minimum atomic E-state index is -0.393. The van der Waals surface area contributed by atoms with Crippen LogP contribution in [0.1, 0.15) is 12.0 Å². The van der Waals surface area contributed by atoms with Crippen LogP contribution in [0.4, 0.5) is 4.39 Å². The quantitative estimate of drug-likeness (QED) is 0.575.